The first-order chi connectivity index (χ1) is 9.78. The molecule has 0 aromatic heterocycles. The molecule has 2 heteroatoms. The maximum atomic E-state index is 11.8. The first-order valence-electron chi connectivity index (χ1n) is 7.32. The van der Waals surface area contributed by atoms with Crippen LogP contribution in [-0.2, 0) is 16.0 Å². The highest BCUT2D eigenvalue weighted by Gasteiger charge is 2.33. The van der Waals surface area contributed by atoms with Crippen LogP contribution in [0.5, 0.6) is 0 Å². The Morgan fingerprint density at radius 3 is 2.85 bits per heavy atom. The molecule has 104 valence electrons. The minimum atomic E-state index is -0.179. The molecule has 0 amide bonds. The van der Waals surface area contributed by atoms with Gasteiger partial charge in [0, 0.05) is 0 Å². The van der Waals surface area contributed by atoms with Crippen LogP contribution in [0.25, 0.3) is 0 Å². The predicted molar refractivity (Wildman–Crippen MR) is 79.2 cm³/mol. The second kappa shape index (κ2) is 5.66. The molecular weight excluding hydrogens is 248 g/mol. The van der Waals surface area contributed by atoms with E-state index in [-0.39, 0.29) is 5.97 Å². The van der Waals surface area contributed by atoms with Crippen LogP contribution in [0, 0.1) is 11.8 Å². The summed E-state index contributed by atoms with van der Waals surface area (Å²) in [6.07, 6.45) is 8.73. The number of hydrogen-bond acceptors (Lipinski definition) is 2. The average Bonchev–Trinajstić information content (AvgIpc) is 2.89. The number of benzene rings is 1. The van der Waals surface area contributed by atoms with Gasteiger partial charge in [0.05, 0.1) is 12.7 Å². The van der Waals surface area contributed by atoms with Crippen LogP contribution < -0.4 is 0 Å². The maximum Gasteiger partial charge on any atom is 0.337 e. The number of fused-ring (bicyclic) bond motifs is 1. The summed E-state index contributed by atoms with van der Waals surface area (Å²) >= 11 is 0. The lowest BCUT2D eigenvalue weighted by molar-refractivity contribution is -0.135. The van der Waals surface area contributed by atoms with Crippen LogP contribution in [0.2, 0.25) is 0 Å². The maximum absolute atomic E-state index is 11.8. The summed E-state index contributed by atoms with van der Waals surface area (Å²) in [6, 6.07) is 10.6. The van der Waals surface area contributed by atoms with Crippen molar-refractivity contribution in [1.29, 1.82) is 0 Å². The van der Waals surface area contributed by atoms with Crippen molar-refractivity contribution in [3.8, 4) is 0 Å². The van der Waals surface area contributed by atoms with Crippen LogP contribution in [0.4, 0.5) is 0 Å². The third-order valence-corrected chi connectivity index (χ3v) is 4.36. The van der Waals surface area contributed by atoms with Gasteiger partial charge in [0.2, 0.25) is 0 Å². The highest BCUT2D eigenvalue weighted by molar-refractivity contribution is 5.94. The van der Waals surface area contributed by atoms with Crippen molar-refractivity contribution < 1.29 is 9.53 Å². The van der Waals surface area contributed by atoms with Gasteiger partial charge >= 0.3 is 5.97 Å². The molecule has 0 N–H and O–H groups in total. The fourth-order valence-electron chi connectivity index (χ4n) is 3.45. The van der Waals surface area contributed by atoms with Gasteiger partial charge < -0.3 is 4.74 Å². The molecule has 0 radical (unpaired) electrons. The van der Waals surface area contributed by atoms with Gasteiger partial charge in [0.25, 0.3) is 0 Å². The summed E-state index contributed by atoms with van der Waals surface area (Å²) in [5, 5.41) is 0. The molecule has 1 aromatic carbocycles. The minimum Gasteiger partial charge on any atom is -0.465 e. The molecule has 0 heterocycles. The highest BCUT2D eigenvalue weighted by atomic mass is 16.5. The standard InChI is InChI=1S/C18H20O2/c1-20-18(19)16-9-5-8-15-11-14(12-17(15)16)10-13-6-3-2-4-7-13/h2-4,6-7,9,12,14-15H,5,8,10-11H2,1H3. The number of ether oxygens (including phenoxy) is 1. The van der Waals surface area contributed by atoms with E-state index in [9.17, 15) is 4.79 Å². The Balaban J connectivity index is 1.77. The summed E-state index contributed by atoms with van der Waals surface area (Å²) < 4.78 is 4.90. The molecule has 2 atom stereocenters. The summed E-state index contributed by atoms with van der Waals surface area (Å²) in [5.41, 5.74) is 3.40. The fraction of sp³-hybridized carbons (Fsp3) is 0.389. The molecule has 0 bridgehead atoms. The average molecular weight is 268 g/mol. The number of rotatable bonds is 3. The molecule has 0 aliphatic heterocycles. The van der Waals surface area contributed by atoms with Crippen molar-refractivity contribution in [1.82, 2.24) is 0 Å². The van der Waals surface area contributed by atoms with Crippen LogP contribution in [0.15, 0.2) is 53.6 Å². The Bertz CT molecular complexity index is 554. The molecule has 0 spiro atoms. The molecule has 2 nitrogen and oxygen atoms in total. The smallest absolute Gasteiger partial charge is 0.337 e. The van der Waals surface area contributed by atoms with E-state index in [2.05, 4.69) is 36.4 Å². The van der Waals surface area contributed by atoms with Gasteiger partial charge in [-0.25, -0.2) is 4.79 Å². The molecular formula is C18H20O2. The summed E-state index contributed by atoms with van der Waals surface area (Å²) in [5.74, 6) is 0.910. The monoisotopic (exact) mass is 268 g/mol. The van der Waals surface area contributed by atoms with Crippen LogP contribution in [-0.4, -0.2) is 13.1 Å². The van der Waals surface area contributed by atoms with Crippen molar-refractivity contribution in [2.45, 2.75) is 25.7 Å². The molecule has 0 saturated heterocycles. The molecule has 1 aromatic rings. The number of carbonyl (C=O) groups excluding carboxylic acids is 1. The Hall–Kier alpha value is -1.83. The quantitative estimate of drug-likeness (QED) is 0.782. The Morgan fingerprint density at radius 1 is 1.30 bits per heavy atom. The summed E-state index contributed by atoms with van der Waals surface area (Å²) in [7, 11) is 1.46. The van der Waals surface area contributed by atoms with Crippen molar-refractivity contribution in [2.24, 2.45) is 11.8 Å². The SMILES string of the molecule is COC(=O)C1=CCCC2CC(Cc3ccccc3)C=C12. The van der Waals surface area contributed by atoms with Crippen molar-refractivity contribution in [3.63, 3.8) is 0 Å². The van der Waals surface area contributed by atoms with Gasteiger partial charge in [-0.15, -0.1) is 0 Å². The van der Waals surface area contributed by atoms with E-state index in [0.29, 0.717) is 11.8 Å². The molecule has 0 fully saturated rings. The Labute approximate surface area is 120 Å². The number of hydrogen-bond donors (Lipinski definition) is 0. The van der Waals surface area contributed by atoms with E-state index in [0.717, 1.165) is 24.8 Å². The van der Waals surface area contributed by atoms with E-state index in [1.807, 2.05) is 6.08 Å². The lowest BCUT2D eigenvalue weighted by atomic mass is 9.85. The van der Waals surface area contributed by atoms with Gasteiger partial charge in [-0.05, 0) is 48.7 Å². The second-order valence-electron chi connectivity index (χ2n) is 5.69. The highest BCUT2D eigenvalue weighted by Crippen LogP contribution is 2.42. The summed E-state index contributed by atoms with van der Waals surface area (Å²) in [6.45, 7) is 0. The van der Waals surface area contributed by atoms with Crippen molar-refractivity contribution in [2.75, 3.05) is 7.11 Å². The van der Waals surface area contributed by atoms with Crippen LogP contribution in [0.1, 0.15) is 24.8 Å². The van der Waals surface area contributed by atoms with Gasteiger partial charge in [0.1, 0.15) is 0 Å². The third-order valence-electron chi connectivity index (χ3n) is 4.36. The zero-order valence-electron chi connectivity index (χ0n) is 11.8. The van der Waals surface area contributed by atoms with E-state index in [1.54, 1.807) is 0 Å². The zero-order valence-corrected chi connectivity index (χ0v) is 11.8. The fourth-order valence-corrected chi connectivity index (χ4v) is 3.45. The van der Waals surface area contributed by atoms with E-state index in [1.165, 1.54) is 24.7 Å². The molecule has 3 rings (SSSR count). The third kappa shape index (κ3) is 2.55. The first kappa shape index (κ1) is 13.2. The lowest BCUT2D eigenvalue weighted by Crippen LogP contribution is -2.15. The van der Waals surface area contributed by atoms with Gasteiger partial charge in [-0.1, -0.05) is 42.5 Å². The van der Waals surface area contributed by atoms with Crippen LogP contribution in [0.3, 0.4) is 0 Å². The largest absolute Gasteiger partial charge is 0.465 e. The molecule has 2 aliphatic rings. The van der Waals surface area contributed by atoms with E-state index >= 15 is 0 Å². The van der Waals surface area contributed by atoms with Crippen LogP contribution >= 0.6 is 0 Å². The van der Waals surface area contributed by atoms with Gasteiger partial charge in [0.15, 0.2) is 0 Å². The number of esters is 1. The molecule has 2 unspecified atom stereocenters. The van der Waals surface area contributed by atoms with E-state index in [4.69, 9.17) is 4.74 Å². The number of carbonyl (C=O) groups is 1. The predicted octanol–water partition coefficient (Wildman–Crippen LogP) is 3.68. The zero-order chi connectivity index (χ0) is 13.9. The van der Waals surface area contributed by atoms with Crippen molar-refractivity contribution in [3.05, 3.63) is 59.2 Å². The number of allylic oxidation sites excluding steroid dienone is 2. The molecule has 0 saturated carbocycles. The summed E-state index contributed by atoms with van der Waals surface area (Å²) in [4.78, 5) is 11.8. The normalized spacial score (nSPS) is 24.6. The van der Waals surface area contributed by atoms with Gasteiger partial charge in [-0.2, -0.15) is 0 Å². The lowest BCUT2D eigenvalue weighted by Gasteiger charge is -2.20. The van der Waals surface area contributed by atoms with E-state index < -0.39 is 0 Å². The Kier molecular flexibility index (Phi) is 3.72. The Morgan fingerprint density at radius 2 is 2.10 bits per heavy atom. The molecule has 20 heavy (non-hydrogen) atoms. The second-order valence-corrected chi connectivity index (χ2v) is 5.69. The molecule has 2 aliphatic carbocycles. The topological polar surface area (TPSA) is 26.3 Å². The number of methoxy groups -OCH3 is 1. The van der Waals surface area contributed by atoms with Crippen molar-refractivity contribution >= 4 is 5.97 Å². The first-order valence-corrected chi connectivity index (χ1v) is 7.32. The minimum absolute atomic E-state index is 0.179. The van der Waals surface area contributed by atoms with Gasteiger partial charge in [-0.3, -0.25) is 0 Å².